The topological polar surface area (TPSA) is 57.7 Å². The Morgan fingerprint density at radius 2 is 2.12 bits per heavy atom. The second-order valence-electron chi connectivity index (χ2n) is 4.35. The summed E-state index contributed by atoms with van der Waals surface area (Å²) in [5.41, 5.74) is 1.21. The maximum Gasteiger partial charge on any atom is 0.225 e. The second kappa shape index (κ2) is 4.53. The van der Waals surface area contributed by atoms with Gasteiger partial charge in [-0.15, -0.1) is 0 Å². The second-order valence-corrected chi connectivity index (χ2v) is 4.35. The molecule has 0 radical (unpaired) electrons. The van der Waals surface area contributed by atoms with Crippen molar-refractivity contribution in [1.82, 2.24) is 20.2 Å². The van der Waals surface area contributed by atoms with E-state index in [4.69, 9.17) is 0 Å². The molecule has 1 aliphatic rings. The first-order valence-electron chi connectivity index (χ1n) is 5.95. The number of rotatable bonds is 2. The van der Waals surface area contributed by atoms with Gasteiger partial charge >= 0.3 is 0 Å². The molecule has 0 saturated carbocycles. The van der Waals surface area contributed by atoms with Gasteiger partial charge in [0.05, 0.1) is 0 Å². The molecular formula is C12H15N5. The lowest BCUT2D eigenvalue weighted by Gasteiger charge is -2.32. The number of anilines is 1. The van der Waals surface area contributed by atoms with E-state index in [9.17, 15) is 0 Å². The van der Waals surface area contributed by atoms with Gasteiger partial charge in [-0.2, -0.15) is 5.10 Å². The number of hydrogen-bond acceptors (Lipinski definition) is 4. The monoisotopic (exact) mass is 229 g/mol. The SMILES string of the molecule is c1cnc(N2CCCC(c3ccn[nH]3)C2)nc1. The number of nitrogens with zero attached hydrogens (tertiary/aromatic N) is 4. The van der Waals surface area contributed by atoms with Crippen molar-refractivity contribution in [3.8, 4) is 0 Å². The summed E-state index contributed by atoms with van der Waals surface area (Å²) >= 11 is 0. The average molecular weight is 229 g/mol. The van der Waals surface area contributed by atoms with Crippen molar-refractivity contribution in [2.45, 2.75) is 18.8 Å². The van der Waals surface area contributed by atoms with Crippen LogP contribution in [0.25, 0.3) is 0 Å². The molecule has 5 heteroatoms. The van der Waals surface area contributed by atoms with Gasteiger partial charge in [-0.05, 0) is 25.0 Å². The highest BCUT2D eigenvalue weighted by Gasteiger charge is 2.23. The lowest BCUT2D eigenvalue weighted by atomic mass is 9.95. The van der Waals surface area contributed by atoms with Gasteiger partial charge < -0.3 is 4.90 Å². The molecule has 0 amide bonds. The maximum atomic E-state index is 4.31. The third-order valence-corrected chi connectivity index (χ3v) is 3.22. The number of piperidine rings is 1. The molecule has 88 valence electrons. The molecule has 1 unspecified atom stereocenters. The molecule has 1 fully saturated rings. The molecule has 0 bridgehead atoms. The fraction of sp³-hybridized carbons (Fsp3) is 0.417. The molecule has 2 aromatic heterocycles. The van der Waals surface area contributed by atoms with Gasteiger partial charge in [0.2, 0.25) is 5.95 Å². The van der Waals surface area contributed by atoms with Crippen LogP contribution in [0.4, 0.5) is 5.95 Å². The molecule has 5 nitrogen and oxygen atoms in total. The van der Waals surface area contributed by atoms with Crippen LogP contribution in [-0.2, 0) is 0 Å². The van der Waals surface area contributed by atoms with Gasteiger partial charge in [0.25, 0.3) is 0 Å². The fourth-order valence-corrected chi connectivity index (χ4v) is 2.36. The van der Waals surface area contributed by atoms with Gasteiger partial charge in [-0.1, -0.05) is 0 Å². The number of nitrogens with one attached hydrogen (secondary N) is 1. The van der Waals surface area contributed by atoms with E-state index in [1.807, 2.05) is 12.3 Å². The summed E-state index contributed by atoms with van der Waals surface area (Å²) < 4.78 is 0. The Kier molecular flexibility index (Phi) is 2.73. The Bertz CT molecular complexity index is 453. The van der Waals surface area contributed by atoms with Crippen LogP contribution < -0.4 is 4.90 Å². The van der Waals surface area contributed by atoms with E-state index in [2.05, 4.69) is 31.1 Å². The van der Waals surface area contributed by atoms with E-state index < -0.39 is 0 Å². The Balaban J connectivity index is 1.76. The molecule has 0 aliphatic carbocycles. The molecule has 17 heavy (non-hydrogen) atoms. The van der Waals surface area contributed by atoms with Crippen LogP contribution >= 0.6 is 0 Å². The summed E-state index contributed by atoms with van der Waals surface area (Å²) in [6.45, 7) is 2.00. The van der Waals surface area contributed by atoms with E-state index >= 15 is 0 Å². The number of aromatic amines is 1. The third-order valence-electron chi connectivity index (χ3n) is 3.22. The lowest BCUT2D eigenvalue weighted by Crippen LogP contribution is -2.35. The minimum Gasteiger partial charge on any atom is -0.340 e. The minimum atomic E-state index is 0.509. The molecule has 1 atom stereocenters. The van der Waals surface area contributed by atoms with E-state index in [1.54, 1.807) is 12.4 Å². The quantitative estimate of drug-likeness (QED) is 0.849. The van der Waals surface area contributed by atoms with Gasteiger partial charge in [0.15, 0.2) is 0 Å². The van der Waals surface area contributed by atoms with Gasteiger partial charge in [-0.25, -0.2) is 9.97 Å². The van der Waals surface area contributed by atoms with E-state index in [1.165, 1.54) is 18.5 Å². The minimum absolute atomic E-state index is 0.509. The first-order chi connectivity index (χ1) is 8.43. The summed E-state index contributed by atoms with van der Waals surface area (Å²) in [6.07, 6.45) is 7.77. The summed E-state index contributed by atoms with van der Waals surface area (Å²) in [6, 6.07) is 3.90. The number of H-pyrrole nitrogens is 1. The van der Waals surface area contributed by atoms with Crippen molar-refractivity contribution in [3.63, 3.8) is 0 Å². The molecule has 3 heterocycles. The first kappa shape index (κ1) is 10.3. The van der Waals surface area contributed by atoms with Crippen molar-refractivity contribution in [1.29, 1.82) is 0 Å². The van der Waals surface area contributed by atoms with E-state index in [0.717, 1.165) is 19.0 Å². The van der Waals surface area contributed by atoms with Crippen LogP contribution in [0.15, 0.2) is 30.7 Å². The molecule has 1 N–H and O–H groups in total. The van der Waals surface area contributed by atoms with Crippen molar-refractivity contribution < 1.29 is 0 Å². The number of hydrogen-bond donors (Lipinski definition) is 1. The van der Waals surface area contributed by atoms with Crippen molar-refractivity contribution in [3.05, 3.63) is 36.4 Å². The van der Waals surface area contributed by atoms with E-state index in [0.29, 0.717) is 5.92 Å². The van der Waals surface area contributed by atoms with Crippen LogP contribution in [0.2, 0.25) is 0 Å². The molecule has 0 aromatic carbocycles. The molecule has 0 spiro atoms. The normalized spacial score (nSPS) is 20.5. The molecule has 2 aromatic rings. The predicted molar refractivity (Wildman–Crippen MR) is 64.8 cm³/mol. The van der Waals surface area contributed by atoms with Gasteiger partial charge in [0, 0.05) is 43.3 Å². The zero-order valence-corrected chi connectivity index (χ0v) is 9.58. The van der Waals surface area contributed by atoms with Crippen molar-refractivity contribution in [2.24, 2.45) is 0 Å². The molecule has 3 rings (SSSR count). The highest BCUT2D eigenvalue weighted by molar-refractivity contribution is 5.31. The predicted octanol–water partition coefficient (Wildman–Crippen LogP) is 1.58. The van der Waals surface area contributed by atoms with E-state index in [-0.39, 0.29) is 0 Å². The average Bonchev–Trinajstić information content (AvgIpc) is 2.94. The van der Waals surface area contributed by atoms with Gasteiger partial charge in [-0.3, -0.25) is 5.10 Å². The Morgan fingerprint density at radius 1 is 1.24 bits per heavy atom. The summed E-state index contributed by atoms with van der Waals surface area (Å²) in [5.74, 6) is 1.34. The standard InChI is InChI=1S/C12H15N5/c1-3-10(11-4-7-15-16-11)9-17(8-1)12-13-5-2-6-14-12/h2,4-7,10H,1,3,8-9H2,(H,15,16). The van der Waals surface area contributed by atoms with Crippen LogP contribution in [-0.4, -0.2) is 33.3 Å². The van der Waals surface area contributed by atoms with Crippen molar-refractivity contribution in [2.75, 3.05) is 18.0 Å². The largest absolute Gasteiger partial charge is 0.340 e. The van der Waals surface area contributed by atoms with Gasteiger partial charge in [0.1, 0.15) is 0 Å². The first-order valence-corrected chi connectivity index (χ1v) is 5.95. The highest BCUT2D eigenvalue weighted by Crippen LogP contribution is 2.26. The Hall–Kier alpha value is -1.91. The number of aromatic nitrogens is 4. The van der Waals surface area contributed by atoms with Crippen LogP contribution in [0.5, 0.6) is 0 Å². The van der Waals surface area contributed by atoms with Crippen molar-refractivity contribution >= 4 is 5.95 Å². The highest BCUT2D eigenvalue weighted by atomic mass is 15.3. The summed E-state index contributed by atoms with van der Waals surface area (Å²) in [7, 11) is 0. The maximum absolute atomic E-state index is 4.31. The molecule has 1 aliphatic heterocycles. The van der Waals surface area contributed by atoms with Crippen LogP contribution in [0, 0.1) is 0 Å². The Morgan fingerprint density at radius 3 is 2.88 bits per heavy atom. The third kappa shape index (κ3) is 2.13. The zero-order valence-electron chi connectivity index (χ0n) is 9.58. The van der Waals surface area contributed by atoms with Crippen LogP contribution in [0.1, 0.15) is 24.5 Å². The molecular weight excluding hydrogens is 214 g/mol. The fourth-order valence-electron chi connectivity index (χ4n) is 2.36. The smallest absolute Gasteiger partial charge is 0.225 e. The lowest BCUT2D eigenvalue weighted by molar-refractivity contribution is 0.494. The molecule has 1 saturated heterocycles. The van der Waals surface area contributed by atoms with Crippen LogP contribution in [0.3, 0.4) is 0 Å². The Labute approximate surface area is 99.9 Å². The summed E-state index contributed by atoms with van der Waals surface area (Å²) in [4.78, 5) is 10.9. The zero-order chi connectivity index (χ0) is 11.5. The summed E-state index contributed by atoms with van der Waals surface area (Å²) in [5, 5.41) is 7.08.